The molecule has 1 saturated carbocycles. The Bertz CT molecular complexity index is 767. The number of piperidine rings is 1. The van der Waals surface area contributed by atoms with Crippen molar-refractivity contribution >= 4 is 27.6 Å². The molecule has 2 amide bonds. The molecule has 2 unspecified atom stereocenters. The second kappa shape index (κ2) is 6.43. The largest absolute Gasteiger partial charge is 0.438 e. The monoisotopic (exact) mass is 387 g/mol. The number of ether oxygens (including phenoxy) is 1. The van der Waals surface area contributed by atoms with E-state index in [-0.39, 0.29) is 6.03 Å². The molecule has 2 heterocycles. The summed E-state index contributed by atoms with van der Waals surface area (Å²) in [5.74, 6) is 2.71. The minimum Gasteiger partial charge on any atom is -0.438 e. The predicted octanol–water partition coefficient (Wildman–Crippen LogP) is 4.51. The zero-order valence-electron chi connectivity index (χ0n) is 13.1. The standard InChI is InChI=1S/C18H18BrN3O2/c19-15-3-1-2-4-16(15)24-17-10-14(5-7-20-17)21-18(23)22-8-6-12-9-13(12)11-22/h1-5,7,10,12-13H,6,8-9,11H2,(H,20,21,23). The van der Waals surface area contributed by atoms with Crippen molar-refractivity contribution in [2.75, 3.05) is 18.4 Å². The Kier molecular flexibility index (Phi) is 4.14. The zero-order chi connectivity index (χ0) is 16.5. The number of hydrogen-bond donors (Lipinski definition) is 1. The van der Waals surface area contributed by atoms with Crippen molar-refractivity contribution in [2.45, 2.75) is 12.8 Å². The fourth-order valence-electron chi connectivity index (χ4n) is 3.15. The first-order valence-corrected chi connectivity index (χ1v) is 8.93. The minimum atomic E-state index is -0.0432. The molecule has 2 aromatic rings. The third-order valence-electron chi connectivity index (χ3n) is 4.62. The van der Waals surface area contributed by atoms with Crippen molar-refractivity contribution in [3.63, 3.8) is 0 Å². The van der Waals surface area contributed by atoms with Crippen molar-refractivity contribution in [1.82, 2.24) is 9.88 Å². The van der Waals surface area contributed by atoms with Crippen LogP contribution in [0, 0.1) is 11.8 Å². The first-order chi connectivity index (χ1) is 11.7. The Labute approximate surface area is 149 Å². The number of nitrogens with one attached hydrogen (secondary N) is 1. The first-order valence-electron chi connectivity index (χ1n) is 8.13. The summed E-state index contributed by atoms with van der Waals surface area (Å²) >= 11 is 3.45. The van der Waals surface area contributed by atoms with Gasteiger partial charge in [0.25, 0.3) is 0 Å². The van der Waals surface area contributed by atoms with E-state index in [1.54, 1.807) is 18.3 Å². The Balaban J connectivity index is 1.42. The van der Waals surface area contributed by atoms with E-state index in [4.69, 9.17) is 4.74 Å². The van der Waals surface area contributed by atoms with Gasteiger partial charge >= 0.3 is 6.03 Å². The molecule has 1 aliphatic heterocycles. The molecule has 124 valence electrons. The number of likely N-dealkylation sites (tertiary alicyclic amines) is 1. The number of urea groups is 1. The van der Waals surface area contributed by atoms with E-state index in [1.165, 1.54) is 6.42 Å². The number of rotatable bonds is 3. The van der Waals surface area contributed by atoms with E-state index in [2.05, 4.69) is 26.2 Å². The summed E-state index contributed by atoms with van der Waals surface area (Å²) in [4.78, 5) is 18.5. The molecule has 1 aromatic heterocycles. The van der Waals surface area contributed by atoms with Gasteiger partial charge in [0.2, 0.25) is 5.88 Å². The van der Waals surface area contributed by atoms with E-state index >= 15 is 0 Å². The molecule has 5 nitrogen and oxygen atoms in total. The normalized spacial score (nSPS) is 21.8. The van der Waals surface area contributed by atoms with Gasteiger partial charge in [0, 0.05) is 31.0 Å². The number of fused-ring (bicyclic) bond motifs is 1. The lowest BCUT2D eigenvalue weighted by atomic mass is 10.1. The number of para-hydroxylation sites is 1. The molecular formula is C18H18BrN3O2. The van der Waals surface area contributed by atoms with Gasteiger partial charge in [0.15, 0.2) is 0 Å². The summed E-state index contributed by atoms with van der Waals surface area (Å²) in [5, 5.41) is 2.95. The second-order valence-electron chi connectivity index (χ2n) is 6.34. The van der Waals surface area contributed by atoms with Crippen LogP contribution in [0.2, 0.25) is 0 Å². The van der Waals surface area contributed by atoms with Crippen LogP contribution in [0.25, 0.3) is 0 Å². The smallest absolute Gasteiger partial charge is 0.321 e. The average Bonchev–Trinajstić information content (AvgIpc) is 3.36. The molecule has 1 aromatic carbocycles. The highest BCUT2D eigenvalue weighted by Gasteiger charge is 2.42. The molecule has 2 atom stereocenters. The highest BCUT2D eigenvalue weighted by molar-refractivity contribution is 9.10. The lowest BCUT2D eigenvalue weighted by Gasteiger charge is -2.26. The summed E-state index contributed by atoms with van der Waals surface area (Å²) in [6, 6.07) is 11.0. The Morgan fingerprint density at radius 3 is 3.00 bits per heavy atom. The van der Waals surface area contributed by atoms with Crippen molar-refractivity contribution in [3.05, 3.63) is 47.1 Å². The summed E-state index contributed by atoms with van der Waals surface area (Å²) in [6.45, 7) is 1.72. The van der Waals surface area contributed by atoms with Crippen LogP contribution in [-0.2, 0) is 0 Å². The summed E-state index contributed by atoms with van der Waals surface area (Å²) in [5.41, 5.74) is 0.690. The third-order valence-corrected chi connectivity index (χ3v) is 5.27. The topological polar surface area (TPSA) is 54.5 Å². The van der Waals surface area contributed by atoms with Crippen molar-refractivity contribution in [2.24, 2.45) is 11.8 Å². The van der Waals surface area contributed by atoms with E-state index in [0.717, 1.165) is 35.8 Å². The maximum atomic E-state index is 12.4. The fraction of sp³-hybridized carbons (Fsp3) is 0.333. The fourth-order valence-corrected chi connectivity index (χ4v) is 3.52. The summed E-state index contributed by atoms with van der Waals surface area (Å²) in [7, 11) is 0. The summed E-state index contributed by atoms with van der Waals surface area (Å²) < 4.78 is 6.63. The molecule has 1 aliphatic carbocycles. The maximum absolute atomic E-state index is 12.4. The van der Waals surface area contributed by atoms with Crippen LogP contribution in [0.1, 0.15) is 12.8 Å². The maximum Gasteiger partial charge on any atom is 0.321 e. The van der Waals surface area contributed by atoms with Crippen molar-refractivity contribution in [3.8, 4) is 11.6 Å². The van der Waals surface area contributed by atoms with Crippen LogP contribution < -0.4 is 10.1 Å². The third kappa shape index (κ3) is 3.38. The van der Waals surface area contributed by atoms with Crippen LogP contribution in [-0.4, -0.2) is 29.0 Å². The molecule has 0 radical (unpaired) electrons. The van der Waals surface area contributed by atoms with Crippen LogP contribution in [0.4, 0.5) is 10.5 Å². The Hall–Kier alpha value is -2.08. The number of nitrogens with zero attached hydrogens (tertiary/aromatic N) is 2. The molecule has 2 aliphatic rings. The van der Waals surface area contributed by atoms with Gasteiger partial charge in [-0.15, -0.1) is 0 Å². The predicted molar refractivity (Wildman–Crippen MR) is 95.3 cm³/mol. The van der Waals surface area contributed by atoms with E-state index < -0.39 is 0 Å². The molecule has 6 heteroatoms. The number of amides is 2. The molecule has 24 heavy (non-hydrogen) atoms. The number of halogens is 1. The van der Waals surface area contributed by atoms with E-state index in [0.29, 0.717) is 17.3 Å². The van der Waals surface area contributed by atoms with Gasteiger partial charge in [0.05, 0.1) is 4.47 Å². The number of anilines is 1. The van der Waals surface area contributed by atoms with Gasteiger partial charge in [-0.25, -0.2) is 9.78 Å². The van der Waals surface area contributed by atoms with Gasteiger partial charge in [-0.2, -0.15) is 0 Å². The second-order valence-corrected chi connectivity index (χ2v) is 7.19. The number of pyridine rings is 1. The lowest BCUT2D eigenvalue weighted by molar-refractivity contribution is 0.197. The number of carbonyl (C=O) groups is 1. The zero-order valence-corrected chi connectivity index (χ0v) is 14.7. The van der Waals surface area contributed by atoms with Crippen LogP contribution >= 0.6 is 15.9 Å². The van der Waals surface area contributed by atoms with Gasteiger partial charge in [-0.05, 0) is 58.8 Å². The molecule has 2 fully saturated rings. The quantitative estimate of drug-likeness (QED) is 0.842. The van der Waals surface area contributed by atoms with Crippen LogP contribution in [0.3, 0.4) is 0 Å². The molecule has 1 N–H and O–H groups in total. The van der Waals surface area contributed by atoms with Crippen molar-refractivity contribution < 1.29 is 9.53 Å². The SMILES string of the molecule is O=C(Nc1ccnc(Oc2ccccc2Br)c1)N1CCC2CC2C1. The van der Waals surface area contributed by atoms with Gasteiger partial charge in [-0.1, -0.05) is 12.1 Å². The Morgan fingerprint density at radius 2 is 2.17 bits per heavy atom. The average molecular weight is 388 g/mol. The molecule has 0 spiro atoms. The van der Waals surface area contributed by atoms with Crippen LogP contribution in [0.15, 0.2) is 47.1 Å². The number of aromatic nitrogens is 1. The Morgan fingerprint density at radius 1 is 1.29 bits per heavy atom. The number of benzene rings is 1. The summed E-state index contributed by atoms with van der Waals surface area (Å²) in [6.07, 6.45) is 4.04. The van der Waals surface area contributed by atoms with E-state index in [1.807, 2.05) is 29.2 Å². The first kappa shape index (κ1) is 15.4. The van der Waals surface area contributed by atoms with Gasteiger partial charge in [-0.3, -0.25) is 0 Å². The lowest BCUT2D eigenvalue weighted by Crippen LogP contribution is -2.39. The minimum absolute atomic E-state index is 0.0432. The van der Waals surface area contributed by atoms with E-state index in [9.17, 15) is 4.79 Å². The van der Waals surface area contributed by atoms with Gasteiger partial charge < -0.3 is 15.0 Å². The number of hydrogen-bond acceptors (Lipinski definition) is 3. The van der Waals surface area contributed by atoms with Crippen LogP contribution in [0.5, 0.6) is 11.6 Å². The highest BCUT2D eigenvalue weighted by atomic mass is 79.9. The molecular weight excluding hydrogens is 370 g/mol. The molecule has 1 saturated heterocycles. The molecule has 4 rings (SSSR count). The number of carbonyl (C=O) groups excluding carboxylic acids is 1. The van der Waals surface area contributed by atoms with Gasteiger partial charge in [0.1, 0.15) is 5.75 Å². The highest BCUT2D eigenvalue weighted by Crippen LogP contribution is 2.44. The molecule has 0 bridgehead atoms. The van der Waals surface area contributed by atoms with Crippen molar-refractivity contribution in [1.29, 1.82) is 0 Å².